The molecule has 0 bridgehead atoms. The molecule has 0 fully saturated rings. The molecular formula is C29H29ClFNO5. The molecule has 8 heteroatoms. The third-order valence-electron chi connectivity index (χ3n) is 6.10. The van der Waals surface area contributed by atoms with Crippen molar-refractivity contribution in [2.45, 2.75) is 51.9 Å². The first kappa shape index (κ1) is 26.5. The van der Waals surface area contributed by atoms with Gasteiger partial charge in [0.05, 0.1) is 17.7 Å². The van der Waals surface area contributed by atoms with Crippen LogP contribution in [-0.2, 0) is 24.2 Å². The number of amides is 1. The maximum atomic E-state index is 13.9. The van der Waals surface area contributed by atoms with Gasteiger partial charge in [-0.1, -0.05) is 35.9 Å². The van der Waals surface area contributed by atoms with E-state index in [-0.39, 0.29) is 17.7 Å². The van der Waals surface area contributed by atoms with Crippen molar-refractivity contribution in [3.8, 4) is 11.5 Å². The number of hydrogen-bond donors (Lipinski definition) is 1. The molecule has 0 unspecified atom stereocenters. The largest absolute Gasteiger partial charge is 0.491 e. The summed E-state index contributed by atoms with van der Waals surface area (Å²) in [5, 5.41) is 9.56. The number of hydrogen-bond acceptors (Lipinski definition) is 4. The van der Waals surface area contributed by atoms with E-state index in [0.29, 0.717) is 29.9 Å². The number of halogens is 2. The van der Waals surface area contributed by atoms with Gasteiger partial charge in [0.15, 0.2) is 0 Å². The van der Waals surface area contributed by atoms with Crippen molar-refractivity contribution >= 4 is 23.5 Å². The highest BCUT2D eigenvalue weighted by atomic mass is 35.5. The average Bonchev–Trinajstić information content (AvgIpc) is 3.16. The van der Waals surface area contributed by atoms with Gasteiger partial charge in [-0.25, -0.2) is 4.39 Å². The minimum Gasteiger partial charge on any atom is -0.491 e. The summed E-state index contributed by atoms with van der Waals surface area (Å²) in [4.78, 5) is 26.4. The molecule has 0 spiro atoms. The Morgan fingerprint density at radius 2 is 1.92 bits per heavy atom. The zero-order valence-electron chi connectivity index (χ0n) is 21.0. The minimum atomic E-state index is -1.11. The number of fused-ring (bicyclic) bond motifs is 1. The summed E-state index contributed by atoms with van der Waals surface area (Å²) in [6.45, 7) is 5.37. The molecule has 1 amide bonds. The lowest BCUT2D eigenvalue weighted by atomic mass is 9.91. The third-order valence-corrected chi connectivity index (χ3v) is 6.41. The van der Waals surface area contributed by atoms with E-state index in [2.05, 4.69) is 0 Å². The monoisotopic (exact) mass is 525 g/mol. The van der Waals surface area contributed by atoms with Crippen molar-refractivity contribution in [2.75, 3.05) is 6.54 Å². The van der Waals surface area contributed by atoms with Crippen molar-refractivity contribution in [1.29, 1.82) is 0 Å². The van der Waals surface area contributed by atoms with E-state index in [9.17, 15) is 19.1 Å². The van der Waals surface area contributed by atoms with Crippen molar-refractivity contribution < 1.29 is 28.6 Å². The van der Waals surface area contributed by atoms with Crippen LogP contribution >= 0.6 is 11.6 Å². The van der Waals surface area contributed by atoms with E-state index in [1.54, 1.807) is 30.3 Å². The summed E-state index contributed by atoms with van der Waals surface area (Å²) in [7, 11) is 0. The normalized spacial score (nSPS) is 16.3. The molecule has 3 aromatic carbocycles. The second-order valence-corrected chi connectivity index (χ2v) is 10.2. The van der Waals surface area contributed by atoms with E-state index < -0.39 is 29.8 Å². The summed E-state index contributed by atoms with van der Waals surface area (Å²) < 4.78 is 26.0. The molecule has 1 N–H and O–H groups in total. The molecule has 0 radical (unpaired) electrons. The molecule has 0 saturated heterocycles. The van der Waals surface area contributed by atoms with E-state index in [1.807, 2.05) is 39.0 Å². The summed E-state index contributed by atoms with van der Waals surface area (Å²) >= 11 is 5.80. The van der Waals surface area contributed by atoms with Crippen molar-refractivity contribution in [3.63, 3.8) is 0 Å². The van der Waals surface area contributed by atoms with Crippen molar-refractivity contribution in [3.05, 3.63) is 93.8 Å². The number of carboxylic acids is 1. The average molecular weight is 526 g/mol. The summed E-state index contributed by atoms with van der Waals surface area (Å²) in [5.74, 6) is -0.739. The SMILES string of the molecule is CC(C)Oc1ccccc1CN(CC(=O)O)C(=O)c1ccc2c(c1)C[C@@](C)(Cc1ccc(Cl)c(F)c1)O2. The lowest BCUT2D eigenvalue weighted by molar-refractivity contribution is -0.137. The second-order valence-electron chi connectivity index (χ2n) is 9.81. The van der Waals surface area contributed by atoms with Gasteiger partial charge in [0.25, 0.3) is 5.91 Å². The zero-order chi connectivity index (χ0) is 26.7. The van der Waals surface area contributed by atoms with Gasteiger partial charge in [0.2, 0.25) is 0 Å². The van der Waals surface area contributed by atoms with Crippen LogP contribution in [0.2, 0.25) is 5.02 Å². The summed E-state index contributed by atoms with van der Waals surface area (Å²) in [6.07, 6.45) is 0.897. The number of para-hydroxylation sites is 1. The fraction of sp³-hybridized carbons (Fsp3) is 0.310. The molecule has 1 atom stereocenters. The van der Waals surface area contributed by atoms with E-state index in [1.165, 1.54) is 17.0 Å². The molecule has 1 aliphatic heterocycles. The van der Waals surface area contributed by atoms with Crippen LogP contribution in [0.5, 0.6) is 11.5 Å². The number of carboxylic acid groups (broad SMARTS) is 1. The Kier molecular flexibility index (Phi) is 7.73. The van der Waals surface area contributed by atoms with Crippen LogP contribution < -0.4 is 9.47 Å². The van der Waals surface area contributed by atoms with Gasteiger partial charge in [-0.2, -0.15) is 0 Å². The summed E-state index contributed by atoms with van der Waals surface area (Å²) in [6, 6.07) is 17.1. The number of carbonyl (C=O) groups excluding carboxylic acids is 1. The van der Waals surface area contributed by atoms with E-state index in [4.69, 9.17) is 21.1 Å². The predicted molar refractivity (Wildman–Crippen MR) is 139 cm³/mol. The van der Waals surface area contributed by atoms with Crippen LogP contribution in [0.25, 0.3) is 0 Å². The first-order valence-electron chi connectivity index (χ1n) is 12.0. The van der Waals surface area contributed by atoms with Crippen molar-refractivity contribution in [2.24, 2.45) is 0 Å². The Bertz CT molecular complexity index is 1330. The van der Waals surface area contributed by atoms with Crippen LogP contribution in [-0.4, -0.2) is 40.1 Å². The molecule has 1 heterocycles. The van der Waals surface area contributed by atoms with Crippen LogP contribution in [0.1, 0.15) is 47.8 Å². The topological polar surface area (TPSA) is 76.1 Å². The Morgan fingerprint density at radius 3 is 2.62 bits per heavy atom. The highest BCUT2D eigenvalue weighted by molar-refractivity contribution is 6.30. The minimum absolute atomic E-state index is 0.0667. The Hall–Kier alpha value is -3.58. The molecule has 194 valence electrons. The lowest BCUT2D eigenvalue weighted by Gasteiger charge is -2.24. The van der Waals surface area contributed by atoms with Gasteiger partial charge in [0.1, 0.15) is 29.5 Å². The molecule has 0 aromatic heterocycles. The van der Waals surface area contributed by atoms with Gasteiger partial charge < -0.3 is 19.5 Å². The fourth-order valence-corrected chi connectivity index (χ4v) is 4.71. The van der Waals surface area contributed by atoms with Gasteiger partial charge in [-0.05, 0) is 68.3 Å². The highest BCUT2D eigenvalue weighted by Gasteiger charge is 2.36. The van der Waals surface area contributed by atoms with Gasteiger partial charge in [-0.3, -0.25) is 9.59 Å². The molecule has 0 aliphatic carbocycles. The molecule has 0 saturated carbocycles. The Labute approximate surface area is 220 Å². The third kappa shape index (κ3) is 6.41. The smallest absolute Gasteiger partial charge is 0.323 e. The molecular weight excluding hydrogens is 497 g/mol. The quantitative estimate of drug-likeness (QED) is 0.375. The zero-order valence-corrected chi connectivity index (χ0v) is 21.7. The standard InChI is InChI=1S/C29H29ClFNO5/c1-18(2)36-25-7-5-4-6-21(25)16-32(17-27(33)34)28(35)20-9-11-26-22(13-20)15-29(3,37-26)14-19-8-10-23(30)24(31)12-19/h4-13,18H,14-17H2,1-3H3,(H,33,34)/t29-/m1/s1. The van der Waals surface area contributed by atoms with E-state index in [0.717, 1.165) is 16.7 Å². The van der Waals surface area contributed by atoms with Crippen LogP contribution in [0.3, 0.4) is 0 Å². The number of carbonyl (C=O) groups is 2. The Balaban J connectivity index is 1.54. The molecule has 1 aliphatic rings. The first-order valence-corrected chi connectivity index (χ1v) is 12.4. The maximum absolute atomic E-state index is 13.9. The van der Waals surface area contributed by atoms with Gasteiger partial charge in [0, 0.05) is 24.0 Å². The van der Waals surface area contributed by atoms with E-state index >= 15 is 0 Å². The van der Waals surface area contributed by atoms with Crippen LogP contribution in [0.15, 0.2) is 60.7 Å². The molecule has 3 aromatic rings. The fourth-order valence-electron chi connectivity index (χ4n) is 4.59. The number of rotatable bonds is 9. The molecule has 37 heavy (non-hydrogen) atoms. The highest BCUT2D eigenvalue weighted by Crippen LogP contribution is 2.38. The first-order chi connectivity index (χ1) is 17.5. The summed E-state index contributed by atoms with van der Waals surface area (Å²) in [5.41, 5.74) is 2.05. The number of aliphatic carboxylic acids is 1. The lowest BCUT2D eigenvalue weighted by Crippen LogP contribution is -2.35. The molecule has 4 rings (SSSR count). The van der Waals surface area contributed by atoms with Gasteiger partial charge in [-0.15, -0.1) is 0 Å². The van der Waals surface area contributed by atoms with Gasteiger partial charge >= 0.3 is 5.97 Å². The number of nitrogens with zero attached hydrogens (tertiary/aromatic N) is 1. The predicted octanol–water partition coefficient (Wildman–Crippen LogP) is 5.93. The van der Waals surface area contributed by atoms with Crippen LogP contribution in [0, 0.1) is 5.82 Å². The number of benzene rings is 3. The van der Waals surface area contributed by atoms with Crippen molar-refractivity contribution in [1.82, 2.24) is 4.90 Å². The number of ether oxygens (including phenoxy) is 2. The maximum Gasteiger partial charge on any atom is 0.323 e. The Morgan fingerprint density at radius 1 is 1.16 bits per heavy atom. The molecule has 6 nitrogen and oxygen atoms in total. The second kappa shape index (κ2) is 10.8. The van der Waals surface area contributed by atoms with Crippen LogP contribution in [0.4, 0.5) is 4.39 Å².